The molecular formula is C17H19F4N5O2. The summed E-state index contributed by atoms with van der Waals surface area (Å²) in [7, 11) is 3.35. The van der Waals surface area contributed by atoms with Crippen LogP contribution in [0.15, 0.2) is 16.9 Å². The van der Waals surface area contributed by atoms with Gasteiger partial charge in [0, 0.05) is 19.6 Å². The minimum Gasteiger partial charge on any atom is -0.507 e. The third kappa shape index (κ3) is 3.93. The van der Waals surface area contributed by atoms with E-state index in [0.717, 1.165) is 30.5 Å². The summed E-state index contributed by atoms with van der Waals surface area (Å²) in [4.78, 5) is 14.7. The van der Waals surface area contributed by atoms with Gasteiger partial charge < -0.3 is 15.3 Å². The number of piperidine rings is 1. The molecule has 1 aliphatic heterocycles. The summed E-state index contributed by atoms with van der Waals surface area (Å²) < 4.78 is 53.6. The predicted octanol–water partition coefficient (Wildman–Crippen LogP) is 2.21. The lowest BCUT2D eigenvalue weighted by Gasteiger charge is -2.30. The van der Waals surface area contributed by atoms with Crippen molar-refractivity contribution in [3.05, 3.63) is 33.9 Å². The molecule has 0 saturated carbocycles. The van der Waals surface area contributed by atoms with Gasteiger partial charge in [0.05, 0.1) is 11.1 Å². The van der Waals surface area contributed by atoms with Crippen molar-refractivity contribution in [3.8, 4) is 17.0 Å². The van der Waals surface area contributed by atoms with E-state index in [1.54, 1.807) is 0 Å². The summed E-state index contributed by atoms with van der Waals surface area (Å²) in [5, 5.41) is 20.5. The number of anilines is 1. The van der Waals surface area contributed by atoms with Crippen LogP contribution in [0.5, 0.6) is 5.75 Å². The molecule has 1 aromatic heterocycles. The van der Waals surface area contributed by atoms with Crippen LogP contribution in [0.1, 0.15) is 18.4 Å². The smallest absolute Gasteiger partial charge is 0.416 e. The molecule has 1 fully saturated rings. The monoisotopic (exact) mass is 401 g/mol. The van der Waals surface area contributed by atoms with Gasteiger partial charge >= 0.3 is 6.18 Å². The summed E-state index contributed by atoms with van der Waals surface area (Å²) in [5.41, 5.74) is -3.45. The normalized spacial score (nSPS) is 18.3. The number of phenols is 1. The summed E-state index contributed by atoms with van der Waals surface area (Å²) in [5.74, 6) is -2.29. The fraction of sp³-hybridized carbons (Fsp3) is 0.471. The van der Waals surface area contributed by atoms with E-state index in [0.29, 0.717) is 6.07 Å². The van der Waals surface area contributed by atoms with Crippen LogP contribution < -0.4 is 10.9 Å². The zero-order valence-corrected chi connectivity index (χ0v) is 15.2. The first-order chi connectivity index (χ1) is 13.1. The van der Waals surface area contributed by atoms with Gasteiger partial charge in [-0.1, -0.05) is 0 Å². The number of benzene rings is 1. The molecule has 152 valence electrons. The Morgan fingerprint density at radius 1 is 1.25 bits per heavy atom. The molecule has 0 aliphatic carbocycles. The molecule has 1 atom stereocenters. The number of nitrogens with one attached hydrogen (secondary N) is 1. The van der Waals surface area contributed by atoms with Gasteiger partial charge in [0.2, 0.25) is 5.95 Å². The fourth-order valence-corrected chi connectivity index (χ4v) is 3.20. The lowest BCUT2D eigenvalue weighted by molar-refractivity contribution is -0.137. The number of halogens is 4. The Bertz CT molecular complexity index is 921. The fourth-order valence-electron chi connectivity index (χ4n) is 3.20. The Morgan fingerprint density at radius 3 is 2.57 bits per heavy atom. The van der Waals surface area contributed by atoms with Gasteiger partial charge in [-0.2, -0.15) is 13.2 Å². The highest BCUT2D eigenvalue weighted by Crippen LogP contribution is 2.37. The number of hydrogen-bond donors (Lipinski definition) is 2. The second-order valence-electron chi connectivity index (χ2n) is 6.83. The largest absolute Gasteiger partial charge is 0.507 e. The van der Waals surface area contributed by atoms with Gasteiger partial charge in [-0.15, -0.1) is 10.2 Å². The molecule has 7 nitrogen and oxygen atoms in total. The highest BCUT2D eigenvalue weighted by molar-refractivity contribution is 5.67. The van der Waals surface area contributed by atoms with E-state index < -0.39 is 40.1 Å². The molecule has 3 rings (SSSR count). The van der Waals surface area contributed by atoms with E-state index in [-0.39, 0.29) is 18.1 Å². The lowest BCUT2D eigenvalue weighted by Crippen LogP contribution is -2.41. The third-order valence-corrected chi connectivity index (χ3v) is 4.66. The van der Waals surface area contributed by atoms with Crippen molar-refractivity contribution in [1.29, 1.82) is 0 Å². The molecule has 0 amide bonds. The summed E-state index contributed by atoms with van der Waals surface area (Å²) >= 11 is 0. The first kappa shape index (κ1) is 20.1. The van der Waals surface area contributed by atoms with Crippen molar-refractivity contribution in [1.82, 2.24) is 19.7 Å². The van der Waals surface area contributed by atoms with Crippen molar-refractivity contribution < 1.29 is 22.7 Å². The number of likely N-dealkylation sites (tertiary alicyclic amines) is 1. The number of rotatable bonds is 3. The van der Waals surface area contributed by atoms with Gasteiger partial charge in [0.15, 0.2) is 5.69 Å². The highest BCUT2D eigenvalue weighted by Gasteiger charge is 2.33. The summed E-state index contributed by atoms with van der Waals surface area (Å²) in [6, 6.07) is 0.602. The number of hydrogen-bond acceptors (Lipinski definition) is 6. The van der Waals surface area contributed by atoms with Crippen molar-refractivity contribution >= 4 is 5.95 Å². The van der Waals surface area contributed by atoms with Crippen LogP contribution in [0.4, 0.5) is 23.5 Å². The Kier molecular flexibility index (Phi) is 5.28. The lowest BCUT2D eigenvalue weighted by atomic mass is 10.1. The van der Waals surface area contributed by atoms with Crippen LogP contribution in [0.3, 0.4) is 0 Å². The number of likely N-dealkylation sites (N-methyl/N-ethyl adjacent to an activating group) is 1. The van der Waals surface area contributed by atoms with E-state index in [9.17, 15) is 27.5 Å². The van der Waals surface area contributed by atoms with Crippen molar-refractivity contribution in [3.63, 3.8) is 0 Å². The Labute approximate surface area is 157 Å². The number of alkyl halides is 3. The average molecular weight is 401 g/mol. The zero-order valence-electron chi connectivity index (χ0n) is 15.2. The van der Waals surface area contributed by atoms with Gasteiger partial charge in [0.25, 0.3) is 5.56 Å². The van der Waals surface area contributed by atoms with Crippen LogP contribution in [0.2, 0.25) is 0 Å². The molecule has 2 heterocycles. The van der Waals surface area contributed by atoms with Crippen molar-refractivity contribution in [2.75, 3.05) is 25.5 Å². The Balaban J connectivity index is 1.96. The maximum atomic E-state index is 14.3. The summed E-state index contributed by atoms with van der Waals surface area (Å²) in [6.07, 6.45) is -3.00. The van der Waals surface area contributed by atoms with Crippen molar-refractivity contribution in [2.45, 2.75) is 25.1 Å². The Morgan fingerprint density at radius 2 is 1.96 bits per heavy atom. The predicted molar refractivity (Wildman–Crippen MR) is 93.5 cm³/mol. The van der Waals surface area contributed by atoms with E-state index >= 15 is 0 Å². The standard InChI is InChI=1S/C17H19F4N5O2/c1-25-5-3-4-10(8-25)22-16-24-23-14(15(28)26(16)2)13-11(18)6-9(7-12(13)27)17(19,20)21/h6-7,10,27H,3-5,8H2,1-2H3,(H,22,24)/t10-/m1/s1. The van der Waals surface area contributed by atoms with Gasteiger partial charge in [0.1, 0.15) is 11.6 Å². The van der Waals surface area contributed by atoms with Gasteiger partial charge in [-0.25, -0.2) is 4.39 Å². The molecule has 2 N–H and O–H groups in total. The molecule has 0 spiro atoms. The number of nitrogens with zero attached hydrogens (tertiary/aromatic N) is 4. The SMILES string of the molecule is CN1CCC[C@@H](Nc2nnc(-c3c(O)cc(C(F)(F)F)cc3F)c(=O)n2C)C1. The molecule has 1 aromatic carbocycles. The average Bonchev–Trinajstić information content (AvgIpc) is 2.59. The molecule has 28 heavy (non-hydrogen) atoms. The van der Waals surface area contributed by atoms with Crippen LogP contribution >= 0.6 is 0 Å². The Hall–Kier alpha value is -2.69. The zero-order chi connectivity index (χ0) is 20.6. The van der Waals surface area contributed by atoms with E-state index in [1.165, 1.54) is 7.05 Å². The molecule has 0 unspecified atom stereocenters. The van der Waals surface area contributed by atoms with Gasteiger partial charge in [-0.3, -0.25) is 9.36 Å². The summed E-state index contributed by atoms with van der Waals surface area (Å²) in [6.45, 7) is 1.71. The first-order valence-electron chi connectivity index (χ1n) is 8.56. The maximum absolute atomic E-state index is 14.3. The van der Waals surface area contributed by atoms with Gasteiger partial charge in [-0.05, 0) is 38.6 Å². The van der Waals surface area contributed by atoms with Crippen molar-refractivity contribution in [2.24, 2.45) is 7.05 Å². The minimum atomic E-state index is -4.84. The molecule has 0 bridgehead atoms. The number of aromatic nitrogens is 3. The van der Waals surface area contributed by atoms with Crippen LogP contribution in [0.25, 0.3) is 11.3 Å². The number of phenolic OH excluding ortho intramolecular Hbond substituents is 1. The maximum Gasteiger partial charge on any atom is 0.416 e. The minimum absolute atomic E-state index is 0.0423. The van der Waals surface area contributed by atoms with Crippen LogP contribution in [-0.4, -0.2) is 50.9 Å². The topological polar surface area (TPSA) is 83.3 Å². The molecule has 2 aromatic rings. The first-order valence-corrected chi connectivity index (χ1v) is 8.56. The number of aromatic hydroxyl groups is 1. The molecule has 0 radical (unpaired) electrons. The molecule has 11 heteroatoms. The van der Waals surface area contributed by atoms with E-state index in [1.807, 2.05) is 7.05 Å². The van der Waals surface area contributed by atoms with Crippen LogP contribution in [-0.2, 0) is 13.2 Å². The van der Waals surface area contributed by atoms with E-state index in [4.69, 9.17) is 0 Å². The second-order valence-corrected chi connectivity index (χ2v) is 6.83. The molecule has 1 saturated heterocycles. The molecule has 1 aliphatic rings. The quantitative estimate of drug-likeness (QED) is 0.768. The second kappa shape index (κ2) is 7.38. The third-order valence-electron chi connectivity index (χ3n) is 4.66. The van der Waals surface area contributed by atoms with E-state index in [2.05, 4.69) is 20.4 Å². The van der Waals surface area contributed by atoms with Crippen LogP contribution in [0, 0.1) is 5.82 Å². The highest BCUT2D eigenvalue weighted by atomic mass is 19.4. The molecular weight excluding hydrogens is 382 g/mol.